The maximum absolute atomic E-state index is 2.37. The van der Waals surface area contributed by atoms with E-state index in [9.17, 15) is 0 Å². The van der Waals surface area contributed by atoms with E-state index in [0.717, 1.165) is 0 Å². The summed E-state index contributed by atoms with van der Waals surface area (Å²) in [5.41, 5.74) is 2.44. The number of thiophene rings is 2. The average Bonchev–Trinajstić information content (AvgIpc) is 3.77. The van der Waals surface area contributed by atoms with E-state index in [1.165, 1.54) is 106 Å². The summed E-state index contributed by atoms with van der Waals surface area (Å²) in [6, 6.07) is 58.7. The molecule has 0 fully saturated rings. The molecule has 0 atom stereocenters. The molecule has 11 aromatic rings. The van der Waals surface area contributed by atoms with Crippen LogP contribution in [0, 0.1) is 0 Å². The maximum Gasteiger partial charge on any atom is 0.0355 e. The van der Waals surface area contributed by atoms with E-state index in [-0.39, 0.29) is 0 Å². The lowest BCUT2D eigenvalue weighted by molar-refractivity contribution is 1.73. The van der Waals surface area contributed by atoms with Crippen LogP contribution >= 0.6 is 22.7 Å². The highest BCUT2D eigenvalue weighted by molar-refractivity contribution is 7.20. The van der Waals surface area contributed by atoms with Gasteiger partial charge in [-0.15, -0.1) is 22.7 Å². The van der Waals surface area contributed by atoms with Crippen LogP contribution in [0.4, 0.5) is 0 Å². The molecule has 9 aromatic carbocycles. The van der Waals surface area contributed by atoms with Gasteiger partial charge in [-0.25, -0.2) is 0 Å². The lowest BCUT2D eigenvalue weighted by atomic mass is 10.0. The van der Waals surface area contributed by atoms with Crippen LogP contribution in [0.1, 0.15) is 20.9 Å². The fourth-order valence-electron chi connectivity index (χ4n) is 7.76. The minimum atomic E-state index is 1.22. The largest absolute Gasteiger partial charge is 0.136 e. The zero-order valence-corrected chi connectivity index (χ0v) is 29.8. The van der Waals surface area contributed by atoms with Crippen LogP contribution in [0.25, 0.3) is 109 Å². The lowest BCUT2D eigenvalue weighted by Gasteiger charge is -2.04. The van der Waals surface area contributed by atoms with E-state index < -0.39 is 0 Å². The topological polar surface area (TPSA) is 0 Å². The minimum Gasteiger partial charge on any atom is -0.136 e. The first-order chi connectivity index (χ1) is 25.6. The molecule has 0 spiro atoms. The van der Waals surface area contributed by atoms with Gasteiger partial charge in [0.1, 0.15) is 0 Å². The molecule has 0 unspecified atom stereocenters. The van der Waals surface area contributed by atoms with Crippen molar-refractivity contribution in [2.24, 2.45) is 0 Å². The first kappa shape index (κ1) is 29.6. The fraction of sp³-hybridized carbons (Fsp3) is 0. The van der Waals surface area contributed by atoms with Crippen molar-refractivity contribution in [1.82, 2.24) is 0 Å². The second kappa shape index (κ2) is 11.7. The molecule has 2 heterocycles. The van der Waals surface area contributed by atoms with E-state index in [0.29, 0.717) is 0 Å². The lowest BCUT2D eigenvalue weighted by Crippen LogP contribution is -1.78. The van der Waals surface area contributed by atoms with Crippen molar-refractivity contribution in [2.45, 2.75) is 0 Å². The second-order valence-corrected chi connectivity index (χ2v) is 16.1. The zero-order chi connectivity index (χ0) is 34.2. The first-order valence-electron chi connectivity index (χ1n) is 17.7. The van der Waals surface area contributed by atoms with Gasteiger partial charge in [0.25, 0.3) is 0 Å². The molecule has 2 aromatic heterocycles. The standard InChI is InChI=1S/C50H30S2/c1-3-7-35-21-39-17-31(9-13-37(39)19-33(35)5-1)11-15-47-27-45-25-41-23-44-30-50-46(26-42(44)24-43(41)29-49(45)51-47)28-48(52-50)16-12-32-10-14-38-20-34-6-2-4-8-36(34)22-40(38)18-32/h1-30H. The molecule has 52 heavy (non-hydrogen) atoms. The highest BCUT2D eigenvalue weighted by atomic mass is 32.1. The Hall–Kier alpha value is -6.06. The molecule has 0 amide bonds. The van der Waals surface area contributed by atoms with Crippen molar-refractivity contribution in [3.05, 3.63) is 179 Å². The normalized spacial score (nSPS) is 12.5. The van der Waals surface area contributed by atoms with Crippen LogP contribution in [0.2, 0.25) is 0 Å². The Balaban J connectivity index is 0.881. The Morgan fingerprint density at radius 3 is 1.02 bits per heavy atom. The van der Waals surface area contributed by atoms with Gasteiger partial charge in [0.15, 0.2) is 0 Å². The summed E-state index contributed by atoms with van der Waals surface area (Å²) in [7, 11) is 0. The summed E-state index contributed by atoms with van der Waals surface area (Å²) in [5, 5.41) is 18.0. The highest BCUT2D eigenvalue weighted by Crippen LogP contribution is 2.37. The van der Waals surface area contributed by atoms with Gasteiger partial charge in [-0.2, -0.15) is 0 Å². The quantitative estimate of drug-likeness (QED) is 0.161. The molecule has 0 radical (unpaired) electrons. The van der Waals surface area contributed by atoms with Crippen LogP contribution in [0.3, 0.4) is 0 Å². The van der Waals surface area contributed by atoms with Crippen LogP contribution in [0.15, 0.2) is 158 Å². The van der Waals surface area contributed by atoms with E-state index in [1.807, 2.05) is 22.7 Å². The average molecular weight is 695 g/mol. The van der Waals surface area contributed by atoms with Gasteiger partial charge in [-0.3, -0.25) is 0 Å². The highest BCUT2D eigenvalue weighted by Gasteiger charge is 2.08. The van der Waals surface area contributed by atoms with Crippen molar-refractivity contribution in [3.8, 4) is 0 Å². The maximum atomic E-state index is 2.37. The van der Waals surface area contributed by atoms with Gasteiger partial charge < -0.3 is 0 Å². The SMILES string of the molecule is C(=Cc1cc2cc3cc4cc5sc(C=Cc6ccc7cc8ccccc8cc7c6)cc5cc4cc3cc2s1)c1ccc2cc3ccccc3cc2c1. The number of hydrogen-bond donors (Lipinski definition) is 0. The summed E-state index contributed by atoms with van der Waals surface area (Å²) in [4.78, 5) is 2.54. The Morgan fingerprint density at radius 1 is 0.250 bits per heavy atom. The van der Waals surface area contributed by atoms with Crippen LogP contribution < -0.4 is 0 Å². The molecule has 11 rings (SSSR count). The predicted octanol–water partition coefficient (Wildman–Crippen LogP) is 15.4. The predicted molar refractivity (Wildman–Crippen MR) is 233 cm³/mol. The van der Waals surface area contributed by atoms with E-state index in [2.05, 4.69) is 182 Å². The van der Waals surface area contributed by atoms with Crippen LogP contribution in [-0.2, 0) is 0 Å². The Labute approximate surface area is 308 Å². The summed E-state index contributed by atoms with van der Waals surface area (Å²) in [5.74, 6) is 0. The van der Waals surface area contributed by atoms with Crippen molar-refractivity contribution in [1.29, 1.82) is 0 Å². The first-order valence-corrected chi connectivity index (χ1v) is 19.3. The Morgan fingerprint density at radius 2 is 0.577 bits per heavy atom. The molecular formula is C50H30S2. The van der Waals surface area contributed by atoms with E-state index in [1.54, 1.807) is 0 Å². The van der Waals surface area contributed by atoms with Gasteiger partial charge in [-0.05, 0) is 184 Å². The smallest absolute Gasteiger partial charge is 0.0355 e. The van der Waals surface area contributed by atoms with Crippen LogP contribution in [-0.4, -0.2) is 0 Å². The van der Waals surface area contributed by atoms with Crippen molar-refractivity contribution in [2.75, 3.05) is 0 Å². The van der Waals surface area contributed by atoms with Gasteiger partial charge >= 0.3 is 0 Å². The number of benzene rings is 9. The number of fused-ring (bicyclic) bond motifs is 8. The van der Waals surface area contributed by atoms with Gasteiger partial charge in [0.05, 0.1) is 0 Å². The summed E-state index contributed by atoms with van der Waals surface area (Å²) >= 11 is 3.72. The summed E-state index contributed by atoms with van der Waals surface area (Å²) in [6.45, 7) is 0. The van der Waals surface area contributed by atoms with Crippen molar-refractivity contribution in [3.63, 3.8) is 0 Å². The number of rotatable bonds is 4. The van der Waals surface area contributed by atoms with Gasteiger partial charge in [0.2, 0.25) is 0 Å². The molecule has 0 aliphatic carbocycles. The van der Waals surface area contributed by atoms with Gasteiger partial charge in [0, 0.05) is 19.2 Å². The molecule has 0 N–H and O–H groups in total. The molecule has 0 aliphatic rings. The third-order valence-corrected chi connectivity index (χ3v) is 12.6. The molecule has 0 bridgehead atoms. The second-order valence-electron chi connectivity index (χ2n) is 13.9. The Kier molecular flexibility index (Phi) is 6.70. The fourth-order valence-corrected chi connectivity index (χ4v) is 9.76. The summed E-state index contributed by atoms with van der Waals surface area (Å²) < 4.78 is 2.64. The summed E-state index contributed by atoms with van der Waals surface area (Å²) in [6.07, 6.45) is 9.01. The third-order valence-electron chi connectivity index (χ3n) is 10.4. The van der Waals surface area contributed by atoms with Gasteiger partial charge in [-0.1, -0.05) is 84.9 Å². The number of hydrogen-bond acceptors (Lipinski definition) is 2. The Bertz CT molecular complexity index is 2990. The molecule has 242 valence electrons. The molecular weight excluding hydrogens is 665 g/mol. The van der Waals surface area contributed by atoms with Crippen LogP contribution in [0.5, 0.6) is 0 Å². The molecule has 0 nitrogen and oxygen atoms in total. The zero-order valence-electron chi connectivity index (χ0n) is 28.1. The van der Waals surface area contributed by atoms with E-state index in [4.69, 9.17) is 0 Å². The molecule has 0 aliphatic heterocycles. The minimum absolute atomic E-state index is 1.22. The third kappa shape index (κ3) is 5.27. The molecule has 0 saturated heterocycles. The van der Waals surface area contributed by atoms with Crippen molar-refractivity contribution >= 4 is 132 Å². The monoisotopic (exact) mass is 694 g/mol. The van der Waals surface area contributed by atoms with E-state index >= 15 is 0 Å². The molecule has 2 heteroatoms. The van der Waals surface area contributed by atoms with Crippen molar-refractivity contribution < 1.29 is 0 Å². The molecule has 0 saturated carbocycles.